The Morgan fingerprint density at radius 3 is 2.44 bits per heavy atom. The van der Waals surface area contributed by atoms with Crippen molar-refractivity contribution < 1.29 is 22.7 Å². The predicted octanol–water partition coefficient (Wildman–Crippen LogP) is 6.61. The Labute approximate surface area is 204 Å². The maximum absolute atomic E-state index is 13.9. The molecular formula is C28H20F3N3O2. The second kappa shape index (κ2) is 9.37. The van der Waals surface area contributed by atoms with Crippen molar-refractivity contribution in [2.75, 3.05) is 7.11 Å². The van der Waals surface area contributed by atoms with Crippen molar-refractivity contribution in [1.29, 1.82) is 0 Å². The van der Waals surface area contributed by atoms with Crippen LogP contribution in [0.15, 0.2) is 85.3 Å². The predicted molar refractivity (Wildman–Crippen MR) is 130 cm³/mol. The lowest BCUT2D eigenvalue weighted by Gasteiger charge is -2.21. The lowest BCUT2D eigenvalue weighted by atomic mass is 9.86. The summed E-state index contributed by atoms with van der Waals surface area (Å²) >= 11 is 0. The summed E-state index contributed by atoms with van der Waals surface area (Å²) in [5.41, 5.74) is 0.999. The second-order valence-corrected chi connectivity index (χ2v) is 8.35. The van der Waals surface area contributed by atoms with Gasteiger partial charge in [-0.2, -0.15) is 13.2 Å². The van der Waals surface area contributed by atoms with E-state index in [1.165, 1.54) is 18.5 Å². The summed E-state index contributed by atoms with van der Waals surface area (Å²) in [5.74, 6) is -0.668. The molecule has 0 amide bonds. The number of ketones is 1. The molecule has 0 bridgehead atoms. The zero-order valence-corrected chi connectivity index (χ0v) is 19.2. The number of methoxy groups -OCH3 is 1. The fourth-order valence-corrected chi connectivity index (χ4v) is 4.29. The molecule has 0 aliphatic carbocycles. The first-order valence-corrected chi connectivity index (χ1v) is 11.2. The highest BCUT2D eigenvalue weighted by Gasteiger charge is 2.37. The molecule has 0 unspecified atom stereocenters. The van der Waals surface area contributed by atoms with Crippen molar-refractivity contribution >= 4 is 27.6 Å². The Balaban J connectivity index is 1.60. The molecule has 3 aromatic heterocycles. The van der Waals surface area contributed by atoms with Gasteiger partial charge < -0.3 is 4.74 Å². The van der Waals surface area contributed by atoms with Gasteiger partial charge in [0.05, 0.1) is 29.4 Å². The van der Waals surface area contributed by atoms with Gasteiger partial charge in [-0.3, -0.25) is 19.7 Å². The van der Waals surface area contributed by atoms with E-state index in [0.717, 1.165) is 11.5 Å². The molecule has 0 aliphatic rings. The molecule has 0 radical (unpaired) electrons. The number of nitrogens with zero attached hydrogens (tertiary/aromatic N) is 3. The molecule has 0 aliphatic heterocycles. The summed E-state index contributed by atoms with van der Waals surface area (Å²) in [6.07, 6.45) is -0.423. The molecule has 1 atom stereocenters. The number of Topliss-reactive ketones (excluding diaryl/α,β-unsaturated/α-hetero) is 1. The molecule has 2 aromatic carbocycles. The molecule has 0 saturated carbocycles. The van der Waals surface area contributed by atoms with Crippen molar-refractivity contribution in [3.63, 3.8) is 0 Å². The van der Waals surface area contributed by atoms with Gasteiger partial charge in [0.25, 0.3) is 0 Å². The third kappa shape index (κ3) is 4.62. The maximum Gasteiger partial charge on any atom is 0.418 e. The Hall–Kier alpha value is -4.33. The van der Waals surface area contributed by atoms with Crippen LogP contribution < -0.4 is 4.74 Å². The van der Waals surface area contributed by atoms with E-state index in [1.807, 2.05) is 6.07 Å². The largest absolute Gasteiger partial charge is 0.497 e. The van der Waals surface area contributed by atoms with E-state index in [4.69, 9.17) is 4.74 Å². The van der Waals surface area contributed by atoms with Crippen molar-refractivity contribution in [2.45, 2.75) is 18.5 Å². The standard InChI is InChI=1S/C28H20F3N3O2/c1-36-21-9-8-18-12-20(16-34-25(18)14-21)22(27-23(28(29,30)31)5-3-11-33-27)15-26(35)19-7-6-17-4-2-10-32-24(17)13-19/h2-14,16,22H,15H2,1H3/t22-/m0/s1. The highest BCUT2D eigenvalue weighted by molar-refractivity contribution is 6.00. The molecule has 0 spiro atoms. The Morgan fingerprint density at radius 2 is 1.64 bits per heavy atom. The van der Waals surface area contributed by atoms with Crippen molar-refractivity contribution in [3.8, 4) is 5.75 Å². The number of carbonyl (C=O) groups excluding carboxylic acids is 1. The summed E-state index contributed by atoms with van der Waals surface area (Å²) in [6.45, 7) is 0. The average molecular weight is 487 g/mol. The maximum atomic E-state index is 13.9. The quantitative estimate of drug-likeness (QED) is 0.252. The fraction of sp³-hybridized carbons (Fsp3) is 0.143. The van der Waals surface area contributed by atoms with E-state index in [-0.39, 0.29) is 17.9 Å². The fourth-order valence-electron chi connectivity index (χ4n) is 4.29. The van der Waals surface area contributed by atoms with Gasteiger partial charge in [0, 0.05) is 53.3 Å². The summed E-state index contributed by atoms with van der Waals surface area (Å²) in [7, 11) is 1.54. The van der Waals surface area contributed by atoms with Crippen LogP contribution in [0.3, 0.4) is 0 Å². The summed E-state index contributed by atoms with van der Waals surface area (Å²) in [6, 6.07) is 18.0. The van der Waals surface area contributed by atoms with Gasteiger partial charge in [-0.05, 0) is 48.0 Å². The van der Waals surface area contributed by atoms with E-state index in [1.54, 1.807) is 61.8 Å². The number of benzene rings is 2. The number of aromatic nitrogens is 3. The Kier molecular flexibility index (Phi) is 6.10. The van der Waals surface area contributed by atoms with Crippen LogP contribution in [0, 0.1) is 0 Å². The first-order chi connectivity index (χ1) is 17.3. The van der Waals surface area contributed by atoms with Gasteiger partial charge in [-0.1, -0.05) is 18.2 Å². The number of alkyl halides is 3. The molecule has 5 aromatic rings. The topological polar surface area (TPSA) is 65.0 Å². The van der Waals surface area contributed by atoms with Crippen LogP contribution >= 0.6 is 0 Å². The minimum Gasteiger partial charge on any atom is -0.497 e. The molecule has 5 rings (SSSR count). The third-order valence-corrected chi connectivity index (χ3v) is 6.11. The summed E-state index contributed by atoms with van der Waals surface area (Å²) in [5, 5.41) is 1.58. The first-order valence-electron chi connectivity index (χ1n) is 11.2. The second-order valence-electron chi connectivity index (χ2n) is 8.35. The van der Waals surface area contributed by atoms with E-state index >= 15 is 0 Å². The van der Waals surface area contributed by atoms with Gasteiger partial charge in [0.2, 0.25) is 0 Å². The SMILES string of the molecule is COc1ccc2cc([C@H](CC(=O)c3ccc4cccnc4c3)c3ncccc3C(F)(F)F)cnc2c1. The normalized spacial score (nSPS) is 12.6. The van der Waals surface area contributed by atoms with Crippen molar-refractivity contribution in [1.82, 2.24) is 15.0 Å². The molecule has 36 heavy (non-hydrogen) atoms. The van der Waals surface area contributed by atoms with Gasteiger partial charge in [-0.15, -0.1) is 0 Å². The zero-order valence-electron chi connectivity index (χ0n) is 19.2. The monoisotopic (exact) mass is 487 g/mol. The van der Waals surface area contributed by atoms with Gasteiger partial charge in [0.1, 0.15) is 5.75 Å². The lowest BCUT2D eigenvalue weighted by Crippen LogP contribution is -2.17. The number of hydrogen-bond donors (Lipinski definition) is 0. The van der Waals surface area contributed by atoms with Gasteiger partial charge >= 0.3 is 6.18 Å². The van der Waals surface area contributed by atoms with E-state index in [2.05, 4.69) is 15.0 Å². The minimum atomic E-state index is -4.63. The molecule has 0 fully saturated rings. The van der Waals surface area contributed by atoms with Crippen LogP contribution in [0.1, 0.15) is 39.5 Å². The molecule has 5 nitrogen and oxygen atoms in total. The van der Waals surface area contributed by atoms with Crippen LogP contribution in [0.5, 0.6) is 5.75 Å². The number of hydrogen-bond acceptors (Lipinski definition) is 5. The Morgan fingerprint density at radius 1 is 0.889 bits per heavy atom. The number of rotatable bonds is 6. The molecule has 0 saturated heterocycles. The molecule has 0 N–H and O–H groups in total. The lowest BCUT2D eigenvalue weighted by molar-refractivity contribution is -0.138. The van der Waals surface area contributed by atoms with Crippen LogP contribution in [0.25, 0.3) is 21.8 Å². The van der Waals surface area contributed by atoms with Gasteiger partial charge in [0.15, 0.2) is 5.78 Å². The molecular weight excluding hydrogens is 467 g/mol. The molecule has 8 heteroatoms. The van der Waals surface area contributed by atoms with Crippen molar-refractivity contribution in [2.24, 2.45) is 0 Å². The number of halogens is 3. The van der Waals surface area contributed by atoms with Crippen LogP contribution in [-0.2, 0) is 6.18 Å². The van der Waals surface area contributed by atoms with E-state index in [9.17, 15) is 18.0 Å². The number of fused-ring (bicyclic) bond motifs is 2. The van der Waals surface area contributed by atoms with Gasteiger partial charge in [-0.25, -0.2) is 0 Å². The third-order valence-electron chi connectivity index (χ3n) is 6.11. The average Bonchev–Trinajstić information content (AvgIpc) is 2.90. The smallest absolute Gasteiger partial charge is 0.418 e. The molecule has 3 heterocycles. The Bertz CT molecular complexity index is 1580. The zero-order chi connectivity index (χ0) is 25.3. The number of ether oxygens (including phenoxy) is 1. The summed E-state index contributed by atoms with van der Waals surface area (Å²) in [4.78, 5) is 26.2. The van der Waals surface area contributed by atoms with E-state index in [0.29, 0.717) is 33.3 Å². The minimum absolute atomic E-state index is 0.216. The summed E-state index contributed by atoms with van der Waals surface area (Å²) < 4.78 is 47.0. The first kappa shape index (κ1) is 23.4. The van der Waals surface area contributed by atoms with Crippen LogP contribution in [0.2, 0.25) is 0 Å². The molecule has 180 valence electrons. The van der Waals surface area contributed by atoms with E-state index < -0.39 is 17.7 Å². The number of pyridine rings is 3. The highest BCUT2D eigenvalue weighted by atomic mass is 19.4. The van der Waals surface area contributed by atoms with Crippen molar-refractivity contribution in [3.05, 3.63) is 108 Å². The van der Waals surface area contributed by atoms with Crippen LogP contribution in [0.4, 0.5) is 13.2 Å². The highest BCUT2D eigenvalue weighted by Crippen LogP contribution is 2.39. The van der Waals surface area contributed by atoms with Crippen LogP contribution in [-0.4, -0.2) is 27.8 Å². The number of carbonyl (C=O) groups is 1.